The molecule has 3 heterocycles. The molecule has 4 rings (SSSR count). The topological polar surface area (TPSA) is 46.4 Å². The molecule has 1 aromatic carbocycles. The highest BCUT2D eigenvalue weighted by Crippen LogP contribution is 2.26. The monoisotopic (exact) mass is 321 g/mol. The van der Waals surface area contributed by atoms with Crippen molar-refractivity contribution in [3.8, 4) is 0 Å². The SMILES string of the molecule is C[C@@H](NC(=O)c1cc2c(nc3ccccn32)s1)c1ccccc1. The number of hydrogen-bond acceptors (Lipinski definition) is 3. The van der Waals surface area contributed by atoms with Crippen molar-refractivity contribution >= 4 is 33.2 Å². The summed E-state index contributed by atoms with van der Waals surface area (Å²) in [5, 5.41) is 3.05. The minimum absolute atomic E-state index is 0.0301. The van der Waals surface area contributed by atoms with E-state index in [1.165, 1.54) is 11.3 Å². The van der Waals surface area contributed by atoms with Crippen molar-refractivity contribution in [2.24, 2.45) is 0 Å². The Morgan fingerprint density at radius 2 is 1.96 bits per heavy atom. The number of carbonyl (C=O) groups is 1. The van der Waals surface area contributed by atoms with Crippen LogP contribution >= 0.6 is 11.3 Å². The molecule has 0 spiro atoms. The fourth-order valence-corrected chi connectivity index (χ4v) is 3.59. The number of imidazole rings is 1. The van der Waals surface area contributed by atoms with E-state index >= 15 is 0 Å². The fourth-order valence-electron chi connectivity index (χ4n) is 2.66. The third-order valence-electron chi connectivity index (χ3n) is 3.88. The van der Waals surface area contributed by atoms with E-state index in [1.807, 2.05) is 72.1 Å². The van der Waals surface area contributed by atoms with Crippen molar-refractivity contribution in [2.75, 3.05) is 0 Å². The van der Waals surface area contributed by atoms with Gasteiger partial charge in [0.1, 0.15) is 10.5 Å². The Kier molecular flexibility index (Phi) is 3.35. The maximum atomic E-state index is 12.5. The van der Waals surface area contributed by atoms with Crippen molar-refractivity contribution in [3.63, 3.8) is 0 Å². The van der Waals surface area contributed by atoms with Crippen LogP contribution in [-0.4, -0.2) is 15.3 Å². The Bertz CT molecular complexity index is 987. The van der Waals surface area contributed by atoms with Crippen LogP contribution in [0.1, 0.15) is 28.2 Å². The summed E-state index contributed by atoms with van der Waals surface area (Å²) in [5.41, 5.74) is 2.97. The van der Waals surface area contributed by atoms with Gasteiger partial charge in [-0.05, 0) is 30.7 Å². The van der Waals surface area contributed by atoms with E-state index in [0.717, 1.165) is 21.6 Å². The number of amides is 1. The molecule has 3 aromatic heterocycles. The summed E-state index contributed by atoms with van der Waals surface area (Å²) in [5.74, 6) is -0.0611. The second kappa shape index (κ2) is 5.52. The van der Waals surface area contributed by atoms with Gasteiger partial charge in [-0.2, -0.15) is 0 Å². The molecule has 0 saturated carbocycles. The number of nitrogens with zero attached hydrogens (tertiary/aromatic N) is 2. The summed E-state index contributed by atoms with van der Waals surface area (Å²) >= 11 is 1.42. The zero-order valence-corrected chi connectivity index (χ0v) is 13.4. The van der Waals surface area contributed by atoms with Gasteiger partial charge in [-0.3, -0.25) is 9.20 Å². The zero-order valence-electron chi connectivity index (χ0n) is 12.6. The van der Waals surface area contributed by atoms with E-state index < -0.39 is 0 Å². The van der Waals surface area contributed by atoms with Gasteiger partial charge < -0.3 is 5.32 Å². The van der Waals surface area contributed by atoms with E-state index in [-0.39, 0.29) is 11.9 Å². The van der Waals surface area contributed by atoms with Gasteiger partial charge in [0, 0.05) is 6.20 Å². The smallest absolute Gasteiger partial charge is 0.261 e. The largest absolute Gasteiger partial charge is 0.345 e. The predicted octanol–water partition coefficient (Wildman–Crippen LogP) is 4.04. The van der Waals surface area contributed by atoms with Crippen molar-refractivity contribution in [2.45, 2.75) is 13.0 Å². The second-order valence-electron chi connectivity index (χ2n) is 5.45. The summed E-state index contributed by atoms with van der Waals surface area (Å²) in [4.78, 5) is 18.6. The summed E-state index contributed by atoms with van der Waals surface area (Å²) in [6.07, 6.45) is 1.96. The summed E-state index contributed by atoms with van der Waals surface area (Å²) in [6.45, 7) is 1.99. The number of nitrogens with one attached hydrogen (secondary N) is 1. The lowest BCUT2D eigenvalue weighted by molar-refractivity contribution is 0.0944. The molecule has 0 radical (unpaired) electrons. The van der Waals surface area contributed by atoms with Crippen LogP contribution in [0.3, 0.4) is 0 Å². The molecule has 114 valence electrons. The average molecular weight is 321 g/mol. The molecule has 1 amide bonds. The van der Waals surface area contributed by atoms with Gasteiger partial charge in [0.05, 0.1) is 16.4 Å². The number of pyridine rings is 1. The molecule has 0 aliphatic rings. The van der Waals surface area contributed by atoms with Gasteiger partial charge in [-0.15, -0.1) is 11.3 Å². The van der Waals surface area contributed by atoms with Crippen molar-refractivity contribution in [1.82, 2.24) is 14.7 Å². The second-order valence-corrected chi connectivity index (χ2v) is 6.48. The Morgan fingerprint density at radius 1 is 1.17 bits per heavy atom. The Morgan fingerprint density at radius 3 is 2.78 bits per heavy atom. The molecule has 0 aliphatic carbocycles. The lowest BCUT2D eigenvalue weighted by Crippen LogP contribution is -2.25. The number of fused-ring (bicyclic) bond motifs is 3. The third-order valence-corrected chi connectivity index (χ3v) is 4.90. The summed E-state index contributed by atoms with van der Waals surface area (Å²) < 4.78 is 2.00. The minimum Gasteiger partial charge on any atom is -0.345 e. The molecule has 0 aliphatic heterocycles. The fraction of sp³-hybridized carbons (Fsp3) is 0.111. The predicted molar refractivity (Wildman–Crippen MR) is 92.9 cm³/mol. The zero-order chi connectivity index (χ0) is 15.8. The van der Waals surface area contributed by atoms with Crippen molar-refractivity contribution < 1.29 is 4.79 Å². The first-order valence-electron chi connectivity index (χ1n) is 7.45. The molecule has 4 nitrogen and oxygen atoms in total. The standard InChI is InChI=1S/C18H15N3OS/c1-12(13-7-3-2-4-8-13)19-17(22)15-11-14-18(23-15)20-16-9-5-6-10-21(14)16/h2-12H,1H3,(H,19,22)/t12-/m1/s1. The summed E-state index contributed by atoms with van der Waals surface area (Å²) in [6, 6.07) is 17.7. The van der Waals surface area contributed by atoms with E-state index in [9.17, 15) is 4.79 Å². The normalized spacial score (nSPS) is 12.6. The highest BCUT2D eigenvalue weighted by atomic mass is 32.1. The maximum Gasteiger partial charge on any atom is 0.261 e. The Labute approximate surface area is 137 Å². The number of benzene rings is 1. The van der Waals surface area contributed by atoms with E-state index in [0.29, 0.717) is 4.88 Å². The molecule has 0 bridgehead atoms. The molecule has 1 N–H and O–H groups in total. The van der Waals surface area contributed by atoms with Gasteiger partial charge in [0.2, 0.25) is 0 Å². The molecular formula is C18H15N3OS. The minimum atomic E-state index is -0.0611. The summed E-state index contributed by atoms with van der Waals surface area (Å²) in [7, 11) is 0. The van der Waals surface area contributed by atoms with Gasteiger partial charge in [-0.1, -0.05) is 36.4 Å². The highest BCUT2D eigenvalue weighted by molar-refractivity contribution is 7.20. The molecule has 4 aromatic rings. The van der Waals surface area contributed by atoms with Crippen LogP contribution in [-0.2, 0) is 0 Å². The molecule has 0 saturated heterocycles. The van der Waals surface area contributed by atoms with Crippen LogP contribution in [0.15, 0.2) is 60.8 Å². The number of thiophene rings is 1. The van der Waals surface area contributed by atoms with Crippen LogP contribution in [0.5, 0.6) is 0 Å². The van der Waals surface area contributed by atoms with Crippen LogP contribution < -0.4 is 5.32 Å². The molecule has 1 atom stereocenters. The third kappa shape index (κ3) is 2.49. The van der Waals surface area contributed by atoms with Gasteiger partial charge in [-0.25, -0.2) is 4.98 Å². The maximum absolute atomic E-state index is 12.5. The number of rotatable bonds is 3. The van der Waals surface area contributed by atoms with Crippen molar-refractivity contribution in [1.29, 1.82) is 0 Å². The van der Waals surface area contributed by atoms with Gasteiger partial charge >= 0.3 is 0 Å². The van der Waals surface area contributed by atoms with Crippen LogP contribution in [0, 0.1) is 0 Å². The van der Waals surface area contributed by atoms with Crippen LogP contribution in [0.4, 0.5) is 0 Å². The highest BCUT2D eigenvalue weighted by Gasteiger charge is 2.16. The Balaban J connectivity index is 1.62. The van der Waals surface area contributed by atoms with Crippen LogP contribution in [0.25, 0.3) is 16.0 Å². The first-order chi connectivity index (χ1) is 11.2. The average Bonchev–Trinajstić information content (AvgIpc) is 3.13. The van der Waals surface area contributed by atoms with Crippen molar-refractivity contribution in [3.05, 3.63) is 71.2 Å². The Hall–Kier alpha value is -2.66. The number of hydrogen-bond donors (Lipinski definition) is 1. The number of carbonyl (C=O) groups excluding carboxylic acids is 1. The first-order valence-corrected chi connectivity index (χ1v) is 8.26. The number of aromatic nitrogens is 2. The molecule has 5 heteroatoms. The van der Waals surface area contributed by atoms with Gasteiger partial charge in [0.15, 0.2) is 0 Å². The van der Waals surface area contributed by atoms with E-state index in [2.05, 4.69) is 10.3 Å². The lowest BCUT2D eigenvalue weighted by Gasteiger charge is -2.13. The van der Waals surface area contributed by atoms with E-state index in [1.54, 1.807) is 0 Å². The first kappa shape index (κ1) is 14.0. The van der Waals surface area contributed by atoms with E-state index in [4.69, 9.17) is 0 Å². The quantitative estimate of drug-likeness (QED) is 0.619. The lowest BCUT2D eigenvalue weighted by atomic mass is 10.1. The molecule has 0 unspecified atom stereocenters. The molecule has 23 heavy (non-hydrogen) atoms. The molecular weight excluding hydrogens is 306 g/mol. The van der Waals surface area contributed by atoms with Crippen LogP contribution in [0.2, 0.25) is 0 Å². The van der Waals surface area contributed by atoms with Gasteiger partial charge in [0.25, 0.3) is 5.91 Å². The molecule has 0 fully saturated rings.